The molecule has 2 N–H and O–H groups in total. The van der Waals surface area contributed by atoms with E-state index in [1.54, 1.807) is 0 Å². The summed E-state index contributed by atoms with van der Waals surface area (Å²) in [6.07, 6.45) is 1.07. The Labute approximate surface area is 122 Å². The summed E-state index contributed by atoms with van der Waals surface area (Å²) in [7, 11) is 0. The third kappa shape index (κ3) is 4.10. The van der Waals surface area contributed by atoms with Crippen LogP contribution in [0.5, 0.6) is 0 Å². The van der Waals surface area contributed by atoms with E-state index in [4.69, 9.17) is 0 Å². The number of anilines is 1. The van der Waals surface area contributed by atoms with Crippen LogP contribution >= 0.6 is 0 Å². The minimum Gasteiger partial charge on any atom is -0.383 e. The molecule has 2 rings (SSSR count). The van der Waals surface area contributed by atoms with Gasteiger partial charge in [0.2, 0.25) is 0 Å². The largest absolute Gasteiger partial charge is 0.383 e. The first-order chi connectivity index (χ1) is 9.81. The second-order valence-corrected chi connectivity index (χ2v) is 5.05. The molecule has 0 spiro atoms. The molecule has 0 saturated heterocycles. The molecule has 0 atom stereocenters. The van der Waals surface area contributed by atoms with Gasteiger partial charge >= 0.3 is 0 Å². The molecule has 0 unspecified atom stereocenters. The molecule has 0 aromatic heterocycles. The van der Waals surface area contributed by atoms with Gasteiger partial charge in [-0.2, -0.15) is 0 Å². The smallest absolute Gasteiger partial charge is 0.0402 e. The van der Waals surface area contributed by atoms with Crippen molar-refractivity contribution in [1.29, 1.82) is 0 Å². The van der Waals surface area contributed by atoms with E-state index in [0.717, 1.165) is 26.1 Å². The summed E-state index contributed by atoms with van der Waals surface area (Å²) in [6.45, 7) is 7.21. The van der Waals surface area contributed by atoms with E-state index in [2.05, 4.69) is 73.0 Å². The Balaban J connectivity index is 1.76. The second kappa shape index (κ2) is 7.71. The van der Waals surface area contributed by atoms with Crippen LogP contribution in [0.4, 0.5) is 5.69 Å². The number of hydrogen-bond donors (Lipinski definition) is 2. The van der Waals surface area contributed by atoms with Crippen LogP contribution in [0.15, 0.2) is 48.5 Å². The van der Waals surface area contributed by atoms with Crippen molar-refractivity contribution in [3.05, 3.63) is 65.2 Å². The Bertz CT molecular complexity index is 520. The highest BCUT2D eigenvalue weighted by atomic mass is 14.9. The van der Waals surface area contributed by atoms with E-state index in [1.807, 2.05) is 0 Å². The molecule has 0 aliphatic rings. The molecule has 106 valence electrons. The SMILES string of the molecule is CCc1cccc(C)c1NCCNCc1ccccc1. The van der Waals surface area contributed by atoms with Gasteiger partial charge in [0.15, 0.2) is 0 Å². The fourth-order valence-corrected chi connectivity index (χ4v) is 2.38. The maximum atomic E-state index is 3.56. The molecule has 2 nitrogen and oxygen atoms in total. The van der Waals surface area contributed by atoms with Crippen LogP contribution in [0.2, 0.25) is 0 Å². The first-order valence-electron chi connectivity index (χ1n) is 7.38. The van der Waals surface area contributed by atoms with Gasteiger partial charge in [-0.1, -0.05) is 55.5 Å². The van der Waals surface area contributed by atoms with Gasteiger partial charge in [-0.3, -0.25) is 0 Å². The van der Waals surface area contributed by atoms with E-state index in [1.165, 1.54) is 22.4 Å². The van der Waals surface area contributed by atoms with Crippen LogP contribution in [-0.2, 0) is 13.0 Å². The van der Waals surface area contributed by atoms with Gasteiger partial charge in [-0.15, -0.1) is 0 Å². The fourth-order valence-electron chi connectivity index (χ4n) is 2.38. The molecule has 0 bridgehead atoms. The Morgan fingerprint density at radius 1 is 0.900 bits per heavy atom. The average molecular weight is 268 g/mol. The Kier molecular flexibility index (Phi) is 5.63. The highest BCUT2D eigenvalue weighted by molar-refractivity contribution is 5.57. The first-order valence-corrected chi connectivity index (χ1v) is 7.38. The van der Waals surface area contributed by atoms with Gasteiger partial charge in [0.1, 0.15) is 0 Å². The van der Waals surface area contributed by atoms with Gasteiger partial charge in [-0.25, -0.2) is 0 Å². The Morgan fingerprint density at radius 3 is 2.45 bits per heavy atom. The third-order valence-corrected chi connectivity index (χ3v) is 3.52. The van der Waals surface area contributed by atoms with E-state index < -0.39 is 0 Å². The predicted octanol–water partition coefficient (Wildman–Crippen LogP) is 3.76. The predicted molar refractivity (Wildman–Crippen MR) is 87.2 cm³/mol. The van der Waals surface area contributed by atoms with Crippen LogP contribution in [0.25, 0.3) is 0 Å². The lowest BCUT2D eigenvalue weighted by atomic mass is 10.1. The Morgan fingerprint density at radius 2 is 1.70 bits per heavy atom. The van der Waals surface area contributed by atoms with Crippen LogP contribution in [0, 0.1) is 6.92 Å². The molecule has 0 radical (unpaired) electrons. The van der Waals surface area contributed by atoms with E-state index in [0.29, 0.717) is 0 Å². The third-order valence-electron chi connectivity index (χ3n) is 3.52. The lowest BCUT2D eigenvalue weighted by Crippen LogP contribution is -2.22. The normalized spacial score (nSPS) is 10.5. The van der Waals surface area contributed by atoms with E-state index >= 15 is 0 Å². The Hall–Kier alpha value is -1.80. The van der Waals surface area contributed by atoms with E-state index in [-0.39, 0.29) is 0 Å². The quantitative estimate of drug-likeness (QED) is 0.747. The fraction of sp³-hybridized carbons (Fsp3) is 0.333. The minimum atomic E-state index is 0.928. The van der Waals surface area contributed by atoms with Crippen molar-refractivity contribution in [2.45, 2.75) is 26.8 Å². The van der Waals surface area contributed by atoms with Crippen molar-refractivity contribution in [3.63, 3.8) is 0 Å². The van der Waals surface area contributed by atoms with Gasteiger partial charge in [0.25, 0.3) is 0 Å². The van der Waals surface area contributed by atoms with Crippen molar-refractivity contribution in [2.75, 3.05) is 18.4 Å². The topological polar surface area (TPSA) is 24.1 Å². The molecule has 0 aliphatic heterocycles. The van der Waals surface area contributed by atoms with E-state index in [9.17, 15) is 0 Å². The lowest BCUT2D eigenvalue weighted by molar-refractivity contribution is 0.706. The zero-order valence-corrected chi connectivity index (χ0v) is 12.4. The molecular weight excluding hydrogens is 244 g/mol. The zero-order chi connectivity index (χ0) is 14.2. The summed E-state index contributed by atoms with van der Waals surface area (Å²) in [5.74, 6) is 0. The zero-order valence-electron chi connectivity index (χ0n) is 12.4. The molecule has 0 aliphatic carbocycles. The van der Waals surface area contributed by atoms with Crippen LogP contribution in [0.3, 0.4) is 0 Å². The molecule has 2 heteroatoms. The van der Waals surface area contributed by atoms with Crippen LogP contribution < -0.4 is 10.6 Å². The molecule has 0 fully saturated rings. The number of para-hydroxylation sites is 1. The van der Waals surface area contributed by atoms with Crippen molar-refractivity contribution in [3.8, 4) is 0 Å². The van der Waals surface area contributed by atoms with Crippen molar-refractivity contribution < 1.29 is 0 Å². The molecule has 2 aromatic carbocycles. The molecule has 0 saturated carbocycles. The average Bonchev–Trinajstić information content (AvgIpc) is 2.49. The monoisotopic (exact) mass is 268 g/mol. The highest BCUT2D eigenvalue weighted by Crippen LogP contribution is 2.20. The molecule has 20 heavy (non-hydrogen) atoms. The van der Waals surface area contributed by atoms with Gasteiger partial charge in [0, 0.05) is 25.3 Å². The second-order valence-electron chi connectivity index (χ2n) is 5.05. The number of rotatable bonds is 7. The maximum Gasteiger partial charge on any atom is 0.0402 e. The lowest BCUT2D eigenvalue weighted by Gasteiger charge is -2.14. The number of benzene rings is 2. The van der Waals surface area contributed by atoms with Gasteiger partial charge in [0.05, 0.1) is 0 Å². The summed E-state index contributed by atoms with van der Waals surface area (Å²) in [6, 6.07) is 17.0. The van der Waals surface area contributed by atoms with Crippen molar-refractivity contribution >= 4 is 5.69 Å². The number of hydrogen-bond acceptors (Lipinski definition) is 2. The summed E-state index contributed by atoms with van der Waals surface area (Å²) in [5, 5.41) is 7.02. The van der Waals surface area contributed by atoms with Crippen molar-refractivity contribution in [1.82, 2.24) is 5.32 Å². The van der Waals surface area contributed by atoms with Gasteiger partial charge < -0.3 is 10.6 Å². The number of aryl methyl sites for hydroxylation is 2. The first kappa shape index (κ1) is 14.6. The van der Waals surface area contributed by atoms with Crippen LogP contribution in [-0.4, -0.2) is 13.1 Å². The summed E-state index contributed by atoms with van der Waals surface area (Å²) < 4.78 is 0. The van der Waals surface area contributed by atoms with Crippen molar-refractivity contribution in [2.24, 2.45) is 0 Å². The highest BCUT2D eigenvalue weighted by Gasteiger charge is 2.02. The molecule has 0 heterocycles. The molecule has 0 amide bonds. The van der Waals surface area contributed by atoms with Gasteiger partial charge in [-0.05, 0) is 30.0 Å². The minimum absolute atomic E-state index is 0.928. The van der Waals surface area contributed by atoms with Crippen LogP contribution in [0.1, 0.15) is 23.6 Å². The summed E-state index contributed by atoms with van der Waals surface area (Å²) >= 11 is 0. The maximum absolute atomic E-state index is 3.56. The number of nitrogens with one attached hydrogen (secondary N) is 2. The summed E-state index contributed by atoms with van der Waals surface area (Å²) in [5.41, 5.74) is 5.36. The standard InChI is InChI=1S/C18H24N2/c1-3-17-11-7-8-15(2)18(17)20-13-12-19-14-16-9-5-4-6-10-16/h4-11,19-20H,3,12-14H2,1-2H3. The summed E-state index contributed by atoms with van der Waals surface area (Å²) in [4.78, 5) is 0. The molecule has 2 aromatic rings. The molecular formula is C18H24N2.